The first-order valence-corrected chi connectivity index (χ1v) is 12.3. The molecule has 1 heterocycles. The number of benzene rings is 3. The monoisotopic (exact) mass is 488 g/mol. The zero-order chi connectivity index (χ0) is 25.3. The number of nitrogens with zero attached hydrogens (tertiary/aromatic N) is 1. The second kappa shape index (κ2) is 12.2. The summed E-state index contributed by atoms with van der Waals surface area (Å²) in [5.41, 5.74) is 7.22. The molecule has 36 heavy (non-hydrogen) atoms. The third-order valence-electron chi connectivity index (χ3n) is 6.24. The number of hydrogen-bond donors (Lipinski definition) is 3. The third kappa shape index (κ3) is 6.82. The minimum absolute atomic E-state index is 0.0777. The number of nitrogens with two attached hydrogens (primary N) is 1. The molecule has 4 N–H and O–H groups in total. The minimum Gasteiger partial charge on any atom is -0.484 e. The van der Waals surface area contributed by atoms with Crippen LogP contribution in [0.2, 0.25) is 0 Å². The van der Waals surface area contributed by atoms with Crippen molar-refractivity contribution in [1.82, 2.24) is 10.2 Å². The van der Waals surface area contributed by atoms with E-state index in [1.54, 1.807) is 6.07 Å². The van der Waals surface area contributed by atoms with E-state index in [0.717, 1.165) is 35.6 Å². The standard InChI is InChI=1S/C28H32N4O4/c29-17-20-7-6-10-23(15-20)30-26(33)18-32-14-5-1-2-11-25(28(32)35)31-27(34)19-36-24-13-12-21-8-3-4-9-22(21)16-24/h3-4,6-10,12-13,15-16,25H,1-2,5,11,14,17-19,29H2,(H,30,33)(H,31,34). The van der Waals surface area contributed by atoms with Crippen molar-refractivity contribution in [2.45, 2.75) is 38.3 Å². The van der Waals surface area contributed by atoms with E-state index in [2.05, 4.69) is 10.6 Å². The molecule has 0 spiro atoms. The Balaban J connectivity index is 1.33. The molecule has 8 nitrogen and oxygen atoms in total. The Hall–Kier alpha value is -3.91. The number of hydrogen-bond acceptors (Lipinski definition) is 5. The maximum atomic E-state index is 13.2. The maximum Gasteiger partial charge on any atom is 0.258 e. The molecule has 1 unspecified atom stereocenters. The van der Waals surface area contributed by atoms with Gasteiger partial charge in [-0.3, -0.25) is 14.4 Å². The van der Waals surface area contributed by atoms with Crippen molar-refractivity contribution < 1.29 is 19.1 Å². The quantitative estimate of drug-likeness (QED) is 0.451. The van der Waals surface area contributed by atoms with E-state index >= 15 is 0 Å². The van der Waals surface area contributed by atoms with E-state index in [0.29, 0.717) is 30.9 Å². The summed E-state index contributed by atoms with van der Waals surface area (Å²) in [6, 6.07) is 20.2. The smallest absolute Gasteiger partial charge is 0.258 e. The number of amides is 3. The van der Waals surface area contributed by atoms with E-state index < -0.39 is 6.04 Å². The lowest BCUT2D eigenvalue weighted by Gasteiger charge is -2.29. The highest BCUT2D eigenvalue weighted by Crippen LogP contribution is 2.20. The lowest BCUT2D eigenvalue weighted by Crippen LogP contribution is -2.52. The molecule has 1 aliphatic heterocycles. The van der Waals surface area contributed by atoms with Gasteiger partial charge in [-0.1, -0.05) is 55.3 Å². The van der Waals surface area contributed by atoms with Crippen molar-refractivity contribution in [2.24, 2.45) is 5.73 Å². The fraction of sp³-hybridized carbons (Fsp3) is 0.321. The lowest BCUT2D eigenvalue weighted by atomic mass is 10.0. The summed E-state index contributed by atoms with van der Waals surface area (Å²) in [4.78, 5) is 40.0. The molecule has 0 aliphatic carbocycles. The van der Waals surface area contributed by atoms with Gasteiger partial charge in [0.1, 0.15) is 11.8 Å². The highest BCUT2D eigenvalue weighted by molar-refractivity contribution is 5.96. The molecule has 0 bridgehead atoms. The van der Waals surface area contributed by atoms with Gasteiger partial charge in [0.2, 0.25) is 11.8 Å². The van der Waals surface area contributed by atoms with Crippen molar-refractivity contribution in [2.75, 3.05) is 25.0 Å². The van der Waals surface area contributed by atoms with Crippen LogP contribution < -0.4 is 21.1 Å². The van der Waals surface area contributed by atoms with E-state index in [4.69, 9.17) is 10.5 Å². The highest BCUT2D eigenvalue weighted by atomic mass is 16.5. The zero-order valence-electron chi connectivity index (χ0n) is 20.2. The van der Waals surface area contributed by atoms with Gasteiger partial charge in [0, 0.05) is 18.8 Å². The van der Waals surface area contributed by atoms with Crippen LogP contribution in [-0.2, 0) is 20.9 Å². The van der Waals surface area contributed by atoms with Crippen LogP contribution in [0.25, 0.3) is 10.8 Å². The van der Waals surface area contributed by atoms with Crippen molar-refractivity contribution in [3.8, 4) is 5.75 Å². The molecule has 1 aliphatic rings. The Morgan fingerprint density at radius 2 is 1.78 bits per heavy atom. The fourth-order valence-corrected chi connectivity index (χ4v) is 4.36. The number of nitrogens with one attached hydrogen (secondary N) is 2. The molecule has 3 aromatic rings. The Labute approximate surface area is 210 Å². The summed E-state index contributed by atoms with van der Waals surface area (Å²) in [6.45, 7) is 0.571. The van der Waals surface area contributed by atoms with Gasteiger partial charge in [-0.2, -0.15) is 0 Å². The number of rotatable bonds is 8. The van der Waals surface area contributed by atoms with Crippen LogP contribution in [0.1, 0.15) is 31.2 Å². The van der Waals surface area contributed by atoms with Crippen LogP contribution >= 0.6 is 0 Å². The van der Waals surface area contributed by atoms with Gasteiger partial charge in [0.25, 0.3) is 5.91 Å². The van der Waals surface area contributed by atoms with Crippen LogP contribution in [0, 0.1) is 0 Å². The predicted octanol–water partition coefficient (Wildman–Crippen LogP) is 3.20. The summed E-state index contributed by atoms with van der Waals surface area (Å²) in [6.07, 6.45) is 3.09. The Kier molecular flexibility index (Phi) is 8.52. The average Bonchev–Trinajstić information content (AvgIpc) is 2.89. The van der Waals surface area contributed by atoms with Crippen molar-refractivity contribution in [3.05, 3.63) is 72.3 Å². The number of carbonyl (C=O) groups is 3. The lowest BCUT2D eigenvalue weighted by molar-refractivity contribution is -0.139. The number of likely N-dealkylation sites (tertiary alicyclic amines) is 1. The van der Waals surface area contributed by atoms with Crippen LogP contribution in [0.15, 0.2) is 66.7 Å². The topological polar surface area (TPSA) is 114 Å². The molecular formula is C28H32N4O4. The van der Waals surface area contributed by atoms with E-state index in [1.807, 2.05) is 60.7 Å². The molecule has 0 radical (unpaired) electrons. The molecule has 3 aromatic carbocycles. The third-order valence-corrected chi connectivity index (χ3v) is 6.24. The van der Waals surface area contributed by atoms with Crippen LogP contribution in [0.4, 0.5) is 5.69 Å². The van der Waals surface area contributed by atoms with Gasteiger partial charge < -0.3 is 26.0 Å². The number of anilines is 1. The van der Waals surface area contributed by atoms with E-state index in [9.17, 15) is 14.4 Å². The molecule has 0 saturated carbocycles. The number of ether oxygens (including phenoxy) is 1. The van der Waals surface area contributed by atoms with Gasteiger partial charge in [0.05, 0.1) is 6.54 Å². The molecule has 1 atom stereocenters. The van der Waals surface area contributed by atoms with E-state index in [-0.39, 0.29) is 30.9 Å². The molecule has 8 heteroatoms. The predicted molar refractivity (Wildman–Crippen MR) is 139 cm³/mol. The summed E-state index contributed by atoms with van der Waals surface area (Å²) >= 11 is 0. The van der Waals surface area contributed by atoms with Crippen LogP contribution in [0.5, 0.6) is 5.75 Å². The summed E-state index contributed by atoms with van der Waals surface area (Å²) in [5.74, 6) is -0.322. The molecule has 0 aromatic heterocycles. The van der Waals surface area contributed by atoms with E-state index in [1.165, 1.54) is 4.90 Å². The summed E-state index contributed by atoms with van der Waals surface area (Å²) in [7, 11) is 0. The normalized spacial score (nSPS) is 16.2. The number of fused-ring (bicyclic) bond motifs is 1. The molecule has 4 rings (SSSR count). The summed E-state index contributed by atoms with van der Waals surface area (Å²) < 4.78 is 5.68. The van der Waals surface area contributed by atoms with Gasteiger partial charge in [-0.15, -0.1) is 0 Å². The Morgan fingerprint density at radius 3 is 2.61 bits per heavy atom. The van der Waals surface area contributed by atoms with Gasteiger partial charge in [0.15, 0.2) is 6.61 Å². The van der Waals surface area contributed by atoms with Crippen molar-refractivity contribution in [1.29, 1.82) is 0 Å². The zero-order valence-corrected chi connectivity index (χ0v) is 20.2. The first kappa shape index (κ1) is 25.2. The number of carbonyl (C=O) groups excluding carboxylic acids is 3. The summed E-state index contributed by atoms with van der Waals surface area (Å²) in [5, 5.41) is 7.75. The van der Waals surface area contributed by atoms with Crippen molar-refractivity contribution >= 4 is 34.2 Å². The van der Waals surface area contributed by atoms with Gasteiger partial charge in [-0.25, -0.2) is 0 Å². The van der Waals surface area contributed by atoms with Crippen LogP contribution in [-0.4, -0.2) is 48.4 Å². The van der Waals surface area contributed by atoms with Gasteiger partial charge in [-0.05, 0) is 53.4 Å². The maximum absolute atomic E-state index is 13.2. The van der Waals surface area contributed by atoms with Crippen molar-refractivity contribution in [3.63, 3.8) is 0 Å². The van der Waals surface area contributed by atoms with Crippen LogP contribution in [0.3, 0.4) is 0 Å². The molecule has 1 fully saturated rings. The highest BCUT2D eigenvalue weighted by Gasteiger charge is 2.28. The largest absolute Gasteiger partial charge is 0.484 e. The fourth-order valence-electron chi connectivity index (χ4n) is 4.36. The molecule has 3 amide bonds. The SMILES string of the molecule is NCc1cccc(NC(=O)CN2CCCCCC(NC(=O)COc3ccc4ccccc4c3)C2=O)c1. The average molecular weight is 489 g/mol. The first-order chi connectivity index (χ1) is 17.5. The Morgan fingerprint density at radius 1 is 0.944 bits per heavy atom. The second-order valence-electron chi connectivity index (χ2n) is 8.98. The molecular weight excluding hydrogens is 456 g/mol. The molecule has 1 saturated heterocycles. The Bertz CT molecular complexity index is 1230. The minimum atomic E-state index is -0.689. The second-order valence-corrected chi connectivity index (χ2v) is 8.98. The molecule has 188 valence electrons. The van der Waals surface area contributed by atoms with Gasteiger partial charge >= 0.3 is 0 Å². The first-order valence-electron chi connectivity index (χ1n) is 12.3.